The number of carbonyl (C=O) groups is 1. The Balaban J connectivity index is 2.13. The van der Waals surface area contributed by atoms with Gasteiger partial charge in [0.15, 0.2) is 11.5 Å². The lowest BCUT2D eigenvalue weighted by Gasteiger charge is -2.14. The predicted octanol–water partition coefficient (Wildman–Crippen LogP) is 3.91. The molecule has 6 heteroatoms. The molecule has 1 aliphatic carbocycles. The van der Waals surface area contributed by atoms with Crippen molar-refractivity contribution in [3.05, 3.63) is 22.2 Å². The SMILES string of the molecule is CCOc1c(Br)cc(C(=O)NN=C2CCCCC2)cc1OC. The van der Waals surface area contributed by atoms with Crippen LogP contribution in [0.1, 0.15) is 49.4 Å². The second-order valence-corrected chi connectivity index (χ2v) is 5.96. The van der Waals surface area contributed by atoms with Gasteiger partial charge in [-0.25, -0.2) is 5.43 Å². The van der Waals surface area contributed by atoms with Gasteiger partial charge < -0.3 is 9.47 Å². The highest BCUT2D eigenvalue weighted by Crippen LogP contribution is 2.36. The van der Waals surface area contributed by atoms with Gasteiger partial charge in [0.2, 0.25) is 0 Å². The molecule has 0 aromatic heterocycles. The highest BCUT2D eigenvalue weighted by atomic mass is 79.9. The fraction of sp³-hybridized carbons (Fsp3) is 0.500. The van der Waals surface area contributed by atoms with E-state index in [0.717, 1.165) is 31.4 Å². The Labute approximate surface area is 139 Å². The van der Waals surface area contributed by atoms with Crippen LogP contribution in [0.4, 0.5) is 0 Å². The molecular weight excluding hydrogens is 348 g/mol. The molecule has 0 atom stereocenters. The molecule has 1 N–H and O–H groups in total. The minimum Gasteiger partial charge on any atom is -0.493 e. The zero-order valence-corrected chi connectivity index (χ0v) is 14.5. The maximum atomic E-state index is 12.2. The first kappa shape index (κ1) is 16.8. The van der Waals surface area contributed by atoms with Crippen molar-refractivity contribution < 1.29 is 14.3 Å². The molecule has 22 heavy (non-hydrogen) atoms. The first-order valence-corrected chi connectivity index (χ1v) is 8.31. The molecule has 1 aromatic carbocycles. The summed E-state index contributed by atoms with van der Waals surface area (Å²) in [6.07, 6.45) is 5.48. The van der Waals surface area contributed by atoms with Gasteiger partial charge in [0.05, 0.1) is 18.2 Å². The van der Waals surface area contributed by atoms with Crippen molar-refractivity contribution in [3.63, 3.8) is 0 Å². The van der Waals surface area contributed by atoms with Crippen LogP contribution in [0, 0.1) is 0 Å². The van der Waals surface area contributed by atoms with Crippen LogP contribution in [0.5, 0.6) is 11.5 Å². The first-order chi connectivity index (χ1) is 10.7. The van der Waals surface area contributed by atoms with Crippen LogP contribution in [0.25, 0.3) is 0 Å². The van der Waals surface area contributed by atoms with Gasteiger partial charge in [0.25, 0.3) is 5.91 Å². The molecule has 5 nitrogen and oxygen atoms in total. The highest BCUT2D eigenvalue weighted by Gasteiger charge is 2.15. The Bertz CT molecular complexity index is 565. The Morgan fingerprint density at radius 1 is 1.32 bits per heavy atom. The van der Waals surface area contributed by atoms with E-state index in [-0.39, 0.29) is 5.91 Å². The maximum Gasteiger partial charge on any atom is 0.271 e. The van der Waals surface area contributed by atoms with E-state index in [1.54, 1.807) is 19.2 Å². The lowest BCUT2D eigenvalue weighted by Crippen LogP contribution is -2.20. The van der Waals surface area contributed by atoms with E-state index in [1.165, 1.54) is 6.42 Å². The number of hydrogen-bond acceptors (Lipinski definition) is 4. The van der Waals surface area contributed by atoms with E-state index >= 15 is 0 Å². The molecule has 2 rings (SSSR count). The fourth-order valence-electron chi connectivity index (χ4n) is 2.40. The number of methoxy groups -OCH3 is 1. The van der Waals surface area contributed by atoms with Crippen LogP contribution in [0.15, 0.2) is 21.7 Å². The normalized spacial score (nSPS) is 14.4. The lowest BCUT2D eigenvalue weighted by atomic mass is 9.99. The van der Waals surface area contributed by atoms with E-state index in [9.17, 15) is 4.79 Å². The third-order valence-corrected chi connectivity index (χ3v) is 4.12. The van der Waals surface area contributed by atoms with Crippen LogP contribution in [-0.2, 0) is 0 Å². The third-order valence-electron chi connectivity index (χ3n) is 3.53. The summed E-state index contributed by atoms with van der Waals surface area (Å²) in [5.41, 5.74) is 4.18. The Kier molecular flexibility index (Phi) is 6.24. The van der Waals surface area contributed by atoms with Crippen LogP contribution < -0.4 is 14.9 Å². The standard InChI is InChI=1S/C16H21BrN2O3/c1-3-22-15-13(17)9-11(10-14(15)21-2)16(20)19-18-12-7-5-4-6-8-12/h9-10H,3-8H2,1-2H3,(H,19,20). The number of amides is 1. The van der Waals surface area contributed by atoms with Gasteiger partial charge in [-0.3, -0.25) is 4.79 Å². The molecule has 0 radical (unpaired) electrons. The number of halogens is 1. The number of nitrogens with zero attached hydrogens (tertiary/aromatic N) is 1. The van der Waals surface area contributed by atoms with Gasteiger partial charge in [-0.15, -0.1) is 0 Å². The number of hydrogen-bond donors (Lipinski definition) is 1. The monoisotopic (exact) mass is 368 g/mol. The van der Waals surface area contributed by atoms with Crippen LogP contribution in [0.3, 0.4) is 0 Å². The average Bonchev–Trinajstić information content (AvgIpc) is 2.55. The molecule has 0 heterocycles. The lowest BCUT2D eigenvalue weighted by molar-refractivity contribution is 0.0954. The minimum atomic E-state index is -0.250. The summed E-state index contributed by atoms with van der Waals surface area (Å²) >= 11 is 3.41. The zero-order chi connectivity index (χ0) is 15.9. The molecule has 1 saturated carbocycles. The number of carbonyl (C=O) groups excluding carboxylic acids is 1. The van der Waals surface area contributed by atoms with Crippen LogP contribution in [-0.4, -0.2) is 25.3 Å². The van der Waals surface area contributed by atoms with E-state index in [2.05, 4.69) is 26.5 Å². The van der Waals surface area contributed by atoms with Gasteiger partial charge in [-0.05, 0) is 60.7 Å². The van der Waals surface area contributed by atoms with Crippen LogP contribution in [0.2, 0.25) is 0 Å². The van der Waals surface area contributed by atoms with Crippen molar-refractivity contribution in [2.75, 3.05) is 13.7 Å². The average molecular weight is 369 g/mol. The summed E-state index contributed by atoms with van der Waals surface area (Å²) < 4.78 is 11.5. The molecule has 120 valence electrons. The summed E-state index contributed by atoms with van der Waals surface area (Å²) in [5.74, 6) is 0.868. The molecule has 0 spiro atoms. The minimum absolute atomic E-state index is 0.250. The fourth-order valence-corrected chi connectivity index (χ4v) is 2.96. The Morgan fingerprint density at radius 2 is 2.05 bits per heavy atom. The summed E-state index contributed by atoms with van der Waals surface area (Å²) in [4.78, 5) is 12.2. The molecule has 0 bridgehead atoms. The quantitative estimate of drug-likeness (QED) is 0.801. The van der Waals surface area contributed by atoms with Crippen molar-refractivity contribution >= 4 is 27.5 Å². The van der Waals surface area contributed by atoms with Crippen molar-refractivity contribution in [3.8, 4) is 11.5 Å². The summed E-state index contributed by atoms with van der Waals surface area (Å²) in [6, 6.07) is 3.37. The molecule has 1 aliphatic rings. The van der Waals surface area contributed by atoms with E-state index in [4.69, 9.17) is 9.47 Å². The molecule has 0 unspecified atom stereocenters. The van der Waals surface area contributed by atoms with Crippen molar-refractivity contribution in [2.45, 2.75) is 39.0 Å². The third kappa shape index (κ3) is 4.22. The summed E-state index contributed by atoms with van der Waals surface area (Å²) in [6.45, 7) is 2.42. The Hall–Kier alpha value is -1.56. The molecule has 0 saturated heterocycles. The van der Waals surface area contributed by atoms with E-state index in [0.29, 0.717) is 28.1 Å². The van der Waals surface area contributed by atoms with Gasteiger partial charge in [0.1, 0.15) is 0 Å². The topological polar surface area (TPSA) is 59.9 Å². The van der Waals surface area contributed by atoms with E-state index < -0.39 is 0 Å². The smallest absolute Gasteiger partial charge is 0.271 e. The number of ether oxygens (including phenoxy) is 2. The zero-order valence-electron chi connectivity index (χ0n) is 12.9. The largest absolute Gasteiger partial charge is 0.493 e. The highest BCUT2D eigenvalue weighted by molar-refractivity contribution is 9.10. The molecular formula is C16H21BrN2O3. The molecule has 0 aliphatic heterocycles. The van der Waals surface area contributed by atoms with Gasteiger partial charge in [-0.1, -0.05) is 6.42 Å². The maximum absolute atomic E-state index is 12.2. The van der Waals surface area contributed by atoms with Crippen molar-refractivity contribution in [1.29, 1.82) is 0 Å². The number of hydrazone groups is 1. The number of rotatable bonds is 5. The van der Waals surface area contributed by atoms with Gasteiger partial charge >= 0.3 is 0 Å². The molecule has 1 aromatic rings. The van der Waals surface area contributed by atoms with Crippen molar-refractivity contribution in [2.24, 2.45) is 5.10 Å². The van der Waals surface area contributed by atoms with E-state index in [1.807, 2.05) is 6.92 Å². The summed E-state index contributed by atoms with van der Waals surface area (Å²) in [5, 5.41) is 4.23. The second-order valence-electron chi connectivity index (χ2n) is 5.10. The Morgan fingerprint density at radius 3 is 2.68 bits per heavy atom. The summed E-state index contributed by atoms with van der Waals surface area (Å²) in [7, 11) is 1.55. The van der Waals surface area contributed by atoms with Gasteiger partial charge in [-0.2, -0.15) is 5.10 Å². The van der Waals surface area contributed by atoms with Gasteiger partial charge in [0, 0.05) is 11.3 Å². The predicted molar refractivity (Wildman–Crippen MR) is 89.8 cm³/mol. The number of benzene rings is 1. The van der Waals surface area contributed by atoms with Crippen molar-refractivity contribution in [1.82, 2.24) is 5.43 Å². The van der Waals surface area contributed by atoms with Crippen LogP contribution >= 0.6 is 15.9 Å². The first-order valence-electron chi connectivity index (χ1n) is 7.51. The second kappa shape index (κ2) is 8.17. The molecule has 1 amide bonds. The number of nitrogens with one attached hydrogen (secondary N) is 1. The molecule has 1 fully saturated rings.